The van der Waals surface area contributed by atoms with E-state index < -0.39 is 11.7 Å². The molecule has 0 aliphatic rings. The van der Waals surface area contributed by atoms with Crippen LogP contribution in [0.2, 0.25) is 0 Å². The van der Waals surface area contributed by atoms with E-state index in [4.69, 9.17) is 0 Å². The zero-order valence-corrected chi connectivity index (χ0v) is 12.8. The number of aliphatic hydroxyl groups is 1. The summed E-state index contributed by atoms with van der Waals surface area (Å²) in [7, 11) is 0. The summed E-state index contributed by atoms with van der Waals surface area (Å²) >= 11 is 0. The second-order valence-electron chi connectivity index (χ2n) is 5.59. The number of nitrogens with one attached hydrogen (secondary N) is 1. The van der Waals surface area contributed by atoms with Crippen molar-refractivity contribution in [2.24, 2.45) is 5.41 Å². The predicted octanol–water partition coefficient (Wildman–Crippen LogP) is 4.15. The van der Waals surface area contributed by atoms with E-state index in [1.54, 1.807) is 6.07 Å². The molecule has 1 atom stereocenters. The minimum atomic E-state index is -4.32. The minimum Gasteiger partial charge on any atom is -0.396 e. The highest BCUT2D eigenvalue weighted by Crippen LogP contribution is 2.31. The Morgan fingerprint density at radius 1 is 1.19 bits per heavy atom. The normalized spacial score (nSPS) is 14.2. The van der Waals surface area contributed by atoms with Gasteiger partial charge in [-0.05, 0) is 37.5 Å². The Balaban J connectivity index is 2.78. The third kappa shape index (κ3) is 4.71. The van der Waals surface area contributed by atoms with Gasteiger partial charge in [-0.1, -0.05) is 26.0 Å². The average Bonchev–Trinajstić information content (AvgIpc) is 2.48. The summed E-state index contributed by atoms with van der Waals surface area (Å²) in [6.07, 6.45) is -2.68. The Hall–Kier alpha value is -1.07. The van der Waals surface area contributed by atoms with Crippen molar-refractivity contribution in [2.45, 2.75) is 45.8 Å². The molecule has 1 unspecified atom stereocenters. The zero-order valence-electron chi connectivity index (χ0n) is 12.8. The summed E-state index contributed by atoms with van der Waals surface area (Å²) in [5, 5.41) is 12.8. The lowest BCUT2D eigenvalue weighted by Crippen LogP contribution is -2.37. The first-order valence-corrected chi connectivity index (χ1v) is 7.29. The molecule has 0 fully saturated rings. The molecule has 0 saturated heterocycles. The Bertz CT molecular complexity index is 433. The second kappa shape index (κ2) is 7.27. The van der Waals surface area contributed by atoms with Gasteiger partial charge in [0.15, 0.2) is 0 Å². The zero-order chi connectivity index (χ0) is 16.1. The van der Waals surface area contributed by atoms with Crippen molar-refractivity contribution in [3.05, 3.63) is 35.4 Å². The summed E-state index contributed by atoms with van der Waals surface area (Å²) in [6.45, 7) is 6.51. The standard InChI is InChI=1S/C16H24F3NO/c1-4-15(5-2,11-21)10-20-12(3)13-7-6-8-14(9-13)16(17,18)19/h6-9,12,20-21H,4-5,10-11H2,1-3H3. The van der Waals surface area contributed by atoms with Gasteiger partial charge < -0.3 is 10.4 Å². The first-order chi connectivity index (χ1) is 9.78. The van der Waals surface area contributed by atoms with Crippen molar-refractivity contribution < 1.29 is 18.3 Å². The molecule has 1 aromatic rings. The molecule has 0 aliphatic heterocycles. The quantitative estimate of drug-likeness (QED) is 0.793. The first kappa shape index (κ1) is 18.0. The van der Waals surface area contributed by atoms with Crippen LogP contribution in [-0.4, -0.2) is 18.3 Å². The van der Waals surface area contributed by atoms with Crippen LogP contribution in [0.25, 0.3) is 0 Å². The molecular weight excluding hydrogens is 279 g/mol. The summed E-state index contributed by atoms with van der Waals surface area (Å²) < 4.78 is 38.2. The van der Waals surface area contributed by atoms with Crippen LogP contribution in [0, 0.1) is 5.41 Å². The largest absolute Gasteiger partial charge is 0.416 e. The van der Waals surface area contributed by atoms with E-state index in [9.17, 15) is 18.3 Å². The third-order valence-corrected chi connectivity index (χ3v) is 4.33. The third-order valence-electron chi connectivity index (χ3n) is 4.33. The van der Waals surface area contributed by atoms with E-state index in [1.807, 2.05) is 20.8 Å². The molecule has 0 aromatic heterocycles. The van der Waals surface area contributed by atoms with Gasteiger partial charge >= 0.3 is 6.18 Å². The summed E-state index contributed by atoms with van der Waals surface area (Å²) in [4.78, 5) is 0. The molecule has 120 valence electrons. The van der Waals surface area contributed by atoms with Crippen LogP contribution in [0.15, 0.2) is 24.3 Å². The van der Waals surface area contributed by atoms with Crippen LogP contribution in [0.4, 0.5) is 13.2 Å². The van der Waals surface area contributed by atoms with Crippen molar-refractivity contribution >= 4 is 0 Å². The van der Waals surface area contributed by atoms with Crippen LogP contribution in [0.3, 0.4) is 0 Å². The average molecular weight is 303 g/mol. The van der Waals surface area contributed by atoms with Gasteiger partial charge in [-0.3, -0.25) is 0 Å². The highest BCUT2D eigenvalue weighted by molar-refractivity contribution is 5.27. The van der Waals surface area contributed by atoms with Crippen molar-refractivity contribution in [3.63, 3.8) is 0 Å². The molecule has 2 nitrogen and oxygen atoms in total. The molecule has 0 bridgehead atoms. The Morgan fingerprint density at radius 2 is 1.81 bits per heavy atom. The molecule has 1 aromatic carbocycles. The molecule has 0 amide bonds. The van der Waals surface area contributed by atoms with Crippen molar-refractivity contribution in [3.8, 4) is 0 Å². The van der Waals surface area contributed by atoms with Crippen LogP contribution in [0.1, 0.15) is 50.8 Å². The topological polar surface area (TPSA) is 32.3 Å². The number of benzene rings is 1. The SMILES string of the molecule is CCC(CC)(CO)CNC(C)c1cccc(C(F)(F)F)c1. The van der Waals surface area contributed by atoms with Crippen LogP contribution >= 0.6 is 0 Å². The van der Waals surface area contributed by atoms with Gasteiger partial charge in [0.1, 0.15) is 0 Å². The fourth-order valence-corrected chi connectivity index (χ4v) is 2.25. The second-order valence-corrected chi connectivity index (χ2v) is 5.59. The van der Waals surface area contributed by atoms with Gasteiger partial charge in [-0.25, -0.2) is 0 Å². The fourth-order valence-electron chi connectivity index (χ4n) is 2.25. The predicted molar refractivity (Wildman–Crippen MR) is 78.0 cm³/mol. The van der Waals surface area contributed by atoms with E-state index >= 15 is 0 Å². The molecule has 0 saturated carbocycles. The number of hydrogen-bond donors (Lipinski definition) is 2. The molecule has 0 heterocycles. The molecule has 1 rings (SSSR count). The number of halogens is 3. The van der Waals surface area contributed by atoms with Crippen molar-refractivity contribution in [2.75, 3.05) is 13.2 Å². The summed E-state index contributed by atoms with van der Waals surface area (Å²) in [5.74, 6) is 0. The Labute approximate surface area is 124 Å². The summed E-state index contributed by atoms with van der Waals surface area (Å²) in [6, 6.07) is 5.17. The first-order valence-electron chi connectivity index (χ1n) is 7.29. The highest BCUT2D eigenvalue weighted by atomic mass is 19.4. The number of aliphatic hydroxyl groups excluding tert-OH is 1. The van der Waals surface area contributed by atoms with Gasteiger partial charge in [0.2, 0.25) is 0 Å². The van der Waals surface area contributed by atoms with Gasteiger partial charge in [-0.2, -0.15) is 13.2 Å². The molecule has 5 heteroatoms. The van der Waals surface area contributed by atoms with Gasteiger partial charge in [0.25, 0.3) is 0 Å². The van der Waals surface area contributed by atoms with Crippen LogP contribution < -0.4 is 5.32 Å². The lowest BCUT2D eigenvalue weighted by Gasteiger charge is -2.31. The molecule has 21 heavy (non-hydrogen) atoms. The van der Waals surface area contributed by atoms with Crippen LogP contribution in [0.5, 0.6) is 0 Å². The monoisotopic (exact) mass is 303 g/mol. The van der Waals surface area contributed by atoms with Crippen LogP contribution in [-0.2, 0) is 6.18 Å². The molecule has 0 radical (unpaired) electrons. The van der Waals surface area contributed by atoms with E-state index in [0.29, 0.717) is 12.1 Å². The summed E-state index contributed by atoms with van der Waals surface area (Å²) in [5.41, 5.74) is -0.243. The smallest absolute Gasteiger partial charge is 0.396 e. The number of hydrogen-bond acceptors (Lipinski definition) is 2. The maximum atomic E-state index is 12.7. The van der Waals surface area contributed by atoms with Gasteiger partial charge in [0.05, 0.1) is 5.56 Å². The van der Waals surface area contributed by atoms with E-state index in [2.05, 4.69) is 5.32 Å². The molecule has 2 N–H and O–H groups in total. The molecule has 0 spiro atoms. The van der Waals surface area contributed by atoms with Gasteiger partial charge in [-0.15, -0.1) is 0 Å². The minimum absolute atomic E-state index is 0.0717. The highest BCUT2D eigenvalue weighted by Gasteiger charge is 2.31. The van der Waals surface area contributed by atoms with Crippen molar-refractivity contribution in [1.82, 2.24) is 5.32 Å². The van der Waals surface area contributed by atoms with E-state index in [-0.39, 0.29) is 18.1 Å². The fraction of sp³-hybridized carbons (Fsp3) is 0.625. The van der Waals surface area contributed by atoms with Crippen molar-refractivity contribution in [1.29, 1.82) is 0 Å². The van der Waals surface area contributed by atoms with Gasteiger partial charge in [0, 0.05) is 24.6 Å². The maximum Gasteiger partial charge on any atom is 0.416 e. The molecule has 0 aliphatic carbocycles. The van der Waals surface area contributed by atoms with E-state index in [1.165, 1.54) is 12.1 Å². The van der Waals surface area contributed by atoms with E-state index in [0.717, 1.165) is 18.9 Å². The maximum absolute atomic E-state index is 12.7. The lowest BCUT2D eigenvalue weighted by molar-refractivity contribution is -0.137. The Kier molecular flexibility index (Phi) is 6.23. The lowest BCUT2D eigenvalue weighted by atomic mass is 9.83. The number of rotatable bonds is 7. The molecular formula is C16H24F3NO. The Morgan fingerprint density at radius 3 is 2.29 bits per heavy atom. The number of alkyl halides is 3.